The first-order valence-electron chi connectivity index (χ1n) is 11.2. The number of ketones is 1. The summed E-state index contributed by atoms with van der Waals surface area (Å²) in [6, 6.07) is 3.59. The average Bonchev–Trinajstić information content (AvgIpc) is 2.74. The fourth-order valence-electron chi connectivity index (χ4n) is 3.73. The Balaban J connectivity index is 2.28. The molecular weight excluding hydrogens is 426 g/mol. The summed E-state index contributed by atoms with van der Waals surface area (Å²) < 4.78 is 21.2. The molecule has 0 fully saturated rings. The van der Waals surface area contributed by atoms with E-state index in [0.29, 0.717) is 48.4 Å². The summed E-state index contributed by atoms with van der Waals surface area (Å²) in [6.45, 7) is 7.73. The van der Waals surface area contributed by atoms with Crippen LogP contribution in [0.4, 0.5) is 4.79 Å². The number of carbonyl (C=O) groups excluding carboxylic acids is 3. The Morgan fingerprint density at radius 1 is 1.12 bits per heavy atom. The van der Waals surface area contributed by atoms with Gasteiger partial charge in [0.15, 0.2) is 17.3 Å². The van der Waals surface area contributed by atoms with Crippen LogP contribution in [0.2, 0.25) is 0 Å². The van der Waals surface area contributed by atoms with E-state index in [1.165, 1.54) is 7.11 Å². The van der Waals surface area contributed by atoms with Gasteiger partial charge in [-0.1, -0.05) is 6.08 Å². The van der Waals surface area contributed by atoms with Gasteiger partial charge in [-0.2, -0.15) is 0 Å². The molecule has 1 atom stereocenters. The molecule has 8 nitrogen and oxygen atoms in total. The van der Waals surface area contributed by atoms with E-state index in [1.54, 1.807) is 40.9 Å². The number of allylic oxidation sites excluding steroid dienone is 2. The van der Waals surface area contributed by atoms with E-state index in [0.717, 1.165) is 5.56 Å². The molecule has 8 heteroatoms. The van der Waals surface area contributed by atoms with Crippen LogP contribution in [-0.4, -0.2) is 50.8 Å². The van der Waals surface area contributed by atoms with Gasteiger partial charge in [-0.15, -0.1) is 0 Å². The third-order valence-corrected chi connectivity index (χ3v) is 5.18. The fourth-order valence-corrected chi connectivity index (χ4v) is 3.73. The molecule has 0 spiro atoms. The normalized spacial score (nSPS) is 16.0. The summed E-state index contributed by atoms with van der Waals surface area (Å²) in [5, 5.41) is 2.75. The predicted molar refractivity (Wildman–Crippen MR) is 124 cm³/mol. The molecule has 1 amide bonds. The zero-order valence-electron chi connectivity index (χ0n) is 20.4. The van der Waals surface area contributed by atoms with Crippen LogP contribution in [0.5, 0.6) is 11.5 Å². The van der Waals surface area contributed by atoms with Crippen LogP contribution in [-0.2, 0) is 25.5 Å². The molecule has 33 heavy (non-hydrogen) atoms. The molecule has 0 heterocycles. The first-order valence-corrected chi connectivity index (χ1v) is 11.2. The maximum absolute atomic E-state index is 13.3. The molecule has 1 N–H and O–H groups in total. The summed E-state index contributed by atoms with van der Waals surface area (Å²) in [7, 11) is 3.08. The summed E-state index contributed by atoms with van der Waals surface area (Å²) in [6.07, 6.45) is 3.18. The third kappa shape index (κ3) is 7.51. The average molecular weight is 462 g/mol. The summed E-state index contributed by atoms with van der Waals surface area (Å²) in [5.74, 6) is 0.136. The second-order valence-electron chi connectivity index (χ2n) is 8.81. The summed E-state index contributed by atoms with van der Waals surface area (Å²) in [5.41, 5.74) is 1.48. The minimum atomic E-state index is -0.591. The Hall–Kier alpha value is -3.03. The van der Waals surface area contributed by atoms with Crippen LogP contribution in [0.15, 0.2) is 18.2 Å². The number of nitrogens with one attached hydrogen (secondary N) is 1. The molecule has 0 saturated carbocycles. The molecule has 1 aliphatic rings. The van der Waals surface area contributed by atoms with Crippen molar-refractivity contribution in [2.75, 3.05) is 27.4 Å². The van der Waals surface area contributed by atoms with Crippen molar-refractivity contribution < 1.29 is 33.3 Å². The Labute approximate surface area is 195 Å². The van der Waals surface area contributed by atoms with Gasteiger partial charge >= 0.3 is 12.1 Å². The molecule has 2 rings (SSSR count). The van der Waals surface area contributed by atoms with Gasteiger partial charge in [0.05, 0.1) is 27.2 Å². The lowest BCUT2D eigenvalue weighted by Gasteiger charge is -2.24. The largest absolute Gasteiger partial charge is 0.493 e. The highest BCUT2D eigenvalue weighted by Crippen LogP contribution is 2.37. The van der Waals surface area contributed by atoms with Crippen LogP contribution in [0.25, 0.3) is 5.57 Å². The van der Waals surface area contributed by atoms with Gasteiger partial charge in [-0.05, 0) is 70.2 Å². The summed E-state index contributed by atoms with van der Waals surface area (Å²) in [4.78, 5) is 37.3. The van der Waals surface area contributed by atoms with Gasteiger partial charge in [-0.3, -0.25) is 9.59 Å². The lowest BCUT2D eigenvalue weighted by Crippen LogP contribution is -2.33. The van der Waals surface area contributed by atoms with Gasteiger partial charge < -0.3 is 24.3 Å². The van der Waals surface area contributed by atoms with Crippen molar-refractivity contribution in [3.8, 4) is 11.5 Å². The number of hydrogen-bond donors (Lipinski definition) is 1. The maximum atomic E-state index is 13.3. The topological polar surface area (TPSA) is 100 Å². The monoisotopic (exact) mass is 461 g/mol. The molecule has 0 saturated heterocycles. The van der Waals surface area contributed by atoms with Gasteiger partial charge in [0, 0.05) is 18.0 Å². The number of ether oxygens (including phenoxy) is 4. The highest BCUT2D eigenvalue weighted by molar-refractivity contribution is 6.23. The quantitative estimate of drug-likeness (QED) is 0.553. The molecule has 182 valence electrons. The fraction of sp³-hybridized carbons (Fsp3) is 0.560. The molecule has 1 aromatic rings. The smallest absolute Gasteiger partial charge is 0.407 e. The Bertz CT molecular complexity index is 899. The first kappa shape index (κ1) is 26.2. The van der Waals surface area contributed by atoms with Crippen molar-refractivity contribution >= 4 is 23.4 Å². The second kappa shape index (κ2) is 11.7. The van der Waals surface area contributed by atoms with E-state index in [9.17, 15) is 14.4 Å². The molecule has 1 aromatic carbocycles. The van der Waals surface area contributed by atoms with Gasteiger partial charge in [0.25, 0.3) is 0 Å². The number of benzene rings is 1. The van der Waals surface area contributed by atoms with Crippen LogP contribution >= 0.6 is 0 Å². The zero-order chi connectivity index (χ0) is 24.6. The number of hydrogen-bond acceptors (Lipinski definition) is 7. The van der Waals surface area contributed by atoms with E-state index in [-0.39, 0.29) is 24.8 Å². The van der Waals surface area contributed by atoms with Crippen molar-refractivity contribution in [1.29, 1.82) is 0 Å². The van der Waals surface area contributed by atoms with Crippen LogP contribution in [0, 0.1) is 5.92 Å². The van der Waals surface area contributed by atoms with E-state index in [1.807, 2.05) is 12.1 Å². The maximum Gasteiger partial charge on any atom is 0.407 e. The number of rotatable bonds is 9. The van der Waals surface area contributed by atoms with E-state index < -0.39 is 17.6 Å². The second-order valence-corrected chi connectivity index (χ2v) is 8.81. The van der Waals surface area contributed by atoms with Crippen LogP contribution in [0.1, 0.15) is 58.1 Å². The van der Waals surface area contributed by atoms with Crippen molar-refractivity contribution in [3.63, 3.8) is 0 Å². The molecule has 0 aliphatic heterocycles. The third-order valence-electron chi connectivity index (χ3n) is 5.18. The number of methoxy groups -OCH3 is 2. The zero-order valence-corrected chi connectivity index (χ0v) is 20.4. The van der Waals surface area contributed by atoms with E-state index in [4.69, 9.17) is 18.9 Å². The molecule has 1 unspecified atom stereocenters. The minimum absolute atomic E-state index is 0.0623. The molecule has 1 aliphatic carbocycles. The number of amides is 1. The number of esters is 1. The highest BCUT2D eigenvalue weighted by Gasteiger charge is 2.30. The Morgan fingerprint density at radius 3 is 2.39 bits per heavy atom. The standard InChI is InChI=1S/C25H35NO7/c1-7-32-22(27)14-17-9-8-10-18(23(17)28)19-15-21(31-6)20(30-5)13-16(19)11-12-26-24(29)33-25(2,3)4/h10,13,15,17H,7-9,11-12,14H2,1-6H3,(H,26,29). The van der Waals surface area contributed by atoms with E-state index in [2.05, 4.69) is 5.32 Å². The lowest BCUT2D eigenvalue weighted by molar-refractivity contribution is -0.145. The lowest BCUT2D eigenvalue weighted by atomic mass is 9.81. The highest BCUT2D eigenvalue weighted by atomic mass is 16.6. The van der Waals surface area contributed by atoms with Crippen molar-refractivity contribution in [1.82, 2.24) is 5.32 Å². The Morgan fingerprint density at radius 2 is 1.79 bits per heavy atom. The number of alkyl carbamates (subject to hydrolysis) is 1. The first-order chi connectivity index (χ1) is 15.6. The molecule has 0 aromatic heterocycles. The number of carbonyl (C=O) groups is 3. The van der Waals surface area contributed by atoms with Crippen molar-refractivity contribution in [2.24, 2.45) is 5.92 Å². The SMILES string of the molecule is CCOC(=O)CC1CCC=C(c2cc(OC)c(OC)cc2CCNC(=O)OC(C)(C)C)C1=O. The molecule has 0 radical (unpaired) electrons. The number of Topliss-reactive ketones (excluding diaryl/α,β-unsaturated/α-hetero) is 1. The summed E-state index contributed by atoms with van der Waals surface area (Å²) >= 11 is 0. The van der Waals surface area contributed by atoms with Gasteiger partial charge in [-0.25, -0.2) is 4.79 Å². The predicted octanol–water partition coefficient (Wildman–Crippen LogP) is 4.09. The van der Waals surface area contributed by atoms with E-state index >= 15 is 0 Å². The minimum Gasteiger partial charge on any atom is -0.493 e. The van der Waals surface area contributed by atoms with Crippen LogP contribution in [0.3, 0.4) is 0 Å². The van der Waals surface area contributed by atoms with Crippen LogP contribution < -0.4 is 14.8 Å². The van der Waals surface area contributed by atoms with Crippen molar-refractivity contribution in [3.05, 3.63) is 29.3 Å². The van der Waals surface area contributed by atoms with Gasteiger partial charge in [0.2, 0.25) is 0 Å². The van der Waals surface area contributed by atoms with Crippen molar-refractivity contribution in [2.45, 2.75) is 59.0 Å². The molecular formula is C25H35NO7. The van der Waals surface area contributed by atoms with Gasteiger partial charge in [0.1, 0.15) is 5.60 Å². The Kier molecular flexibility index (Phi) is 9.32. The molecule has 0 bridgehead atoms.